The fourth-order valence-corrected chi connectivity index (χ4v) is 4.82. The van der Waals surface area contributed by atoms with E-state index in [1.807, 2.05) is 60.7 Å². The van der Waals surface area contributed by atoms with Crippen LogP contribution in [-0.4, -0.2) is 74.5 Å². The molecule has 0 bridgehead atoms. The quantitative estimate of drug-likeness (QED) is 0.133. The highest BCUT2D eigenvalue weighted by Gasteiger charge is 2.60. The average Bonchev–Trinajstić information content (AvgIpc) is 3.27. The molecule has 2 aromatic rings. The lowest BCUT2D eigenvalue weighted by atomic mass is 9.88. The zero-order valence-corrected chi connectivity index (χ0v) is 24.8. The maximum Gasteiger partial charge on any atom is 0.411 e. The molecule has 12 heteroatoms. The average molecular weight is 624 g/mol. The molecule has 218 valence electrons. The standard InChI is InChI=1S/C29H29Cl3N2O7/c1-28(2,3)41-26(37)23(25(36)40-17-29(30,31)32)33-20(15-14-18-10-6-4-7-11-18)22(24(33)35)34-21(16-39-27(34)38)19-12-8-5-9-13-19/h4-15,20-23H,16-17H2,1-3H3/t20-,21-,22+,23?/m1/s1. The second-order valence-electron chi connectivity index (χ2n) is 10.5. The highest BCUT2D eigenvalue weighted by molar-refractivity contribution is 6.67. The monoisotopic (exact) mass is 622 g/mol. The molecule has 0 N–H and O–H groups in total. The topological polar surface area (TPSA) is 102 Å². The summed E-state index contributed by atoms with van der Waals surface area (Å²) in [5, 5.41) is 0. The van der Waals surface area contributed by atoms with Crippen LogP contribution < -0.4 is 0 Å². The third-order valence-electron chi connectivity index (χ3n) is 6.34. The molecule has 2 aliphatic rings. The van der Waals surface area contributed by atoms with E-state index in [0.717, 1.165) is 16.0 Å². The van der Waals surface area contributed by atoms with Crippen LogP contribution in [0.15, 0.2) is 66.7 Å². The maximum absolute atomic E-state index is 13.9. The van der Waals surface area contributed by atoms with Crippen LogP contribution >= 0.6 is 34.8 Å². The number of amides is 2. The van der Waals surface area contributed by atoms with Crippen molar-refractivity contribution in [2.24, 2.45) is 0 Å². The molecule has 2 fully saturated rings. The molecule has 2 heterocycles. The minimum atomic E-state index is -1.95. The van der Waals surface area contributed by atoms with E-state index in [1.165, 1.54) is 4.90 Å². The molecule has 4 atom stereocenters. The zero-order chi connectivity index (χ0) is 29.9. The number of rotatable bonds is 8. The number of carbonyl (C=O) groups is 4. The number of halogens is 3. The molecule has 9 nitrogen and oxygen atoms in total. The summed E-state index contributed by atoms with van der Waals surface area (Å²) in [4.78, 5) is 55.8. The summed E-state index contributed by atoms with van der Waals surface area (Å²) in [6.45, 7) is 4.22. The van der Waals surface area contributed by atoms with Crippen molar-refractivity contribution in [3.8, 4) is 0 Å². The molecule has 0 radical (unpaired) electrons. The van der Waals surface area contributed by atoms with Crippen molar-refractivity contribution in [3.63, 3.8) is 0 Å². The molecular formula is C29H29Cl3N2O7. The van der Waals surface area contributed by atoms with E-state index in [0.29, 0.717) is 0 Å². The van der Waals surface area contributed by atoms with E-state index in [1.54, 1.807) is 32.9 Å². The van der Waals surface area contributed by atoms with Crippen LogP contribution in [0.5, 0.6) is 0 Å². The number of likely N-dealkylation sites (tertiary alicyclic amines) is 1. The van der Waals surface area contributed by atoms with Crippen LogP contribution in [-0.2, 0) is 28.6 Å². The molecule has 1 unspecified atom stereocenters. The highest BCUT2D eigenvalue weighted by Crippen LogP contribution is 2.39. The number of cyclic esters (lactones) is 1. The number of β-lactam (4-membered cyclic amide) rings is 1. The Balaban J connectivity index is 1.74. The van der Waals surface area contributed by atoms with E-state index in [9.17, 15) is 19.2 Å². The van der Waals surface area contributed by atoms with Crippen molar-refractivity contribution in [3.05, 3.63) is 77.9 Å². The first kappa shape index (κ1) is 30.7. The van der Waals surface area contributed by atoms with Gasteiger partial charge in [-0.3, -0.25) is 9.69 Å². The van der Waals surface area contributed by atoms with Gasteiger partial charge in [0.2, 0.25) is 15.7 Å². The van der Waals surface area contributed by atoms with E-state index in [-0.39, 0.29) is 6.61 Å². The van der Waals surface area contributed by atoms with Gasteiger partial charge in [0.25, 0.3) is 0 Å². The van der Waals surface area contributed by atoms with E-state index < -0.39 is 64.1 Å². The van der Waals surface area contributed by atoms with Crippen molar-refractivity contribution in [2.45, 2.75) is 54.3 Å². The first-order valence-electron chi connectivity index (χ1n) is 12.8. The summed E-state index contributed by atoms with van der Waals surface area (Å²) >= 11 is 17.3. The Labute approximate surface area is 252 Å². The number of hydrogen-bond donors (Lipinski definition) is 0. The van der Waals surface area contributed by atoms with Crippen LogP contribution in [0.3, 0.4) is 0 Å². The van der Waals surface area contributed by atoms with Gasteiger partial charge in [-0.1, -0.05) is 108 Å². The van der Waals surface area contributed by atoms with Gasteiger partial charge in [0.15, 0.2) is 0 Å². The summed E-state index contributed by atoms with van der Waals surface area (Å²) in [6.07, 6.45) is 2.69. The lowest BCUT2D eigenvalue weighted by Gasteiger charge is -2.51. The van der Waals surface area contributed by atoms with Gasteiger partial charge in [-0.05, 0) is 31.9 Å². The predicted octanol–water partition coefficient (Wildman–Crippen LogP) is 5.10. The molecule has 2 aliphatic heterocycles. The molecule has 4 rings (SSSR count). The number of alkyl halides is 3. The number of ether oxygens (including phenoxy) is 3. The first-order valence-corrected chi connectivity index (χ1v) is 13.9. The van der Waals surface area contributed by atoms with E-state index >= 15 is 0 Å². The summed E-state index contributed by atoms with van der Waals surface area (Å²) in [5.74, 6) is -2.84. The van der Waals surface area contributed by atoms with Gasteiger partial charge in [-0.15, -0.1) is 0 Å². The van der Waals surface area contributed by atoms with Crippen molar-refractivity contribution in [2.75, 3.05) is 13.2 Å². The van der Waals surface area contributed by atoms with Crippen molar-refractivity contribution in [1.29, 1.82) is 0 Å². The van der Waals surface area contributed by atoms with E-state index in [2.05, 4.69) is 0 Å². The highest BCUT2D eigenvalue weighted by atomic mass is 35.6. The predicted molar refractivity (Wildman–Crippen MR) is 153 cm³/mol. The van der Waals surface area contributed by atoms with E-state index in [4.69, 9.17) is 49.0 Å². The Bertz CT molecular complexity index is 1310. The van der Waals surface area contributed by atoms with Crippen molar-refractivity contribution in [1.82, 2.24) is 9.80 Å². The van der Waals surface area contributed by atoms with Gasteiger partial charge in [0, 0.05) is 0 Å². The summed E-state index contributed by atoms with van der Waals surface area (Å²) in [7, 11) is 0. The minimum Gasteiger partial charge on any atom is -0.459 e. The second kappa shape index (κ2) is 12.3. The molecule has 41 heavy (non-hydrogen) atoms. The number of benzene rings is 2. The van der Waals surface area contributed by atoms with Gasteiger partial charge in [0.05, 0.1) is 12.1 Å². The number of carbonyl (C=O) groups excluding carboxylic acids is 4. The van der Waals surface area contributed by atoms with Crippen LogP contribution in [0, 0.1) is 0 Å². The molecule has 2 aromatic carbocycles. The van der Waals surface area contributed by atoms with Crippen LogP contribution in [0.1, 0.15) is 37.9 Å². The molecule has 0 saturated carbocycles. The van der Waals surface area contributed by atoms with Gasteiger partial charge in [-0.25, -0.2) is 14.4 Å². The minimum absolute atomic E-state index is 0.0303. The Morgan fingerprint density at radius 3 is 2.20 bits per heavy atom. The van der Waals surface area contributed by atoms with Gasteiger partial charge >= 0.3 is 18.0 Å². The Morgan fingerprint density at radius 2 is 1.61 bits per heavy atom. The smallest absolute Gasteiger partial charge is 0.411 e. The SMILES string of the molecule is CC(C)(C)OC(=O)C(C(=O)OCC(Cl)(Cl)Cl)N1C(=O)[C@@H](N2C(=O)OC[C@@H]2c2ccccc2)[C@H]1C=Cc1ccccc1. The number of hydrogen-bond acceptors (Lipinski definition) is 7. The van der Waals surface area contributed by atoms with Crippen LogP contribution in [0.25, 0.3) is 6.08 Å². The molecule has 0 aliphatic carbocycles. The first-order chi connectivity index (χ1) is 19.3. The fourth-order valence-electron chi connectivity index (χ4n) is 4.66. The zero-order valence-electron chi connectivity index (χ0n) is 22.5. The Kier molecular flexibility index (Phi) is 9.21. The molecular weight excluding hydrogens is 595 g/mol. The third-order valence-corrected chi connectivity index (χ3v) is 6.67. The van der Waals surface area contributed by atoms with Gasteiger partial charge in [-0.2, -0.15) is 0 Å². The van der Waals surface area contributed by atoms with Crippen molar-refractivity contribution < 1.29 is 33.4 Å². The molecule has 2 saturated heterocycles. The summed E-state index contributed by atoms with van der Waals surface area (Å²) in [5.41, 5.74) is 0.563. The lowest BCUT2D eigenvalue weighted by molar-refractivity contribution is -0.184. The second-order valence-corrected chi connectivity index (χ2v) is 13.0. The number of nitrogens with zero attached hydrogens (tertiary/aromatic N) is 2. The summed E-state index contributed by atoms with van der Waals surface area (Å²) < 4.78 is 14.0. The Hall–Kier alpha value is -3.27. The molecule has 0 spiro atoms. The van der Waals surface area contributed by atoms with Crippen molar-refractivity contribution >= 4 is 64.8 Å². The Morgan fingerprint density at radius 1 is 1.00 bits per heavy atom. The normalized spacial score (nSPS) is 21.9. The third kappa shape index (κ3) is 7.33. The van der Waals surface area contributed by atoms with Gasteiger partial charge < -0.3 is 19.1 Å². The number of esters is 2. The van der Waals surface area contributed by atoms with Crippen LogP contribution in [0.4, 0.5) is 4.79 Å². The summed E-state index contributed by atoms with van der Waals surface area (Å²) in [6, 6.07) is 13.9. The van der Waals surface area contributed by atoms with Gasteiger partial charge in [0.1, 0.15) is 24.9 Å². The lowest BCUT2D eigenvalue weighted by Crippen LogP contribution is -2.75. The largest absolute Gasteiger partial charge is 0.459 e. The molecule has 2 amide bonds. The van der Waals surface area contributed by atoms with Crippen LogP contribution in [0.2, 0.25) is 0 Å². The fraction of sp³-hybridized carbons (Fsp3) is 0.379. The maximum atomic E-state index is 13.9. The molecule has 0 aromatic heterocycles.